The first-order valence-electron chi connectivity index (χ1n) is 11.6. The average Bonchev–Trinajstić information content (AvgIpc) is 2.91. The highest BCUT2D eigenvalue weighted by atomic mass is 16.6. The highest BCUT2D eigenvalue weighted by molar-refractivity contribution is 5.91. The van der Waals surface area contributed by atoms with Gasteiger partial charge in [0.1, 0.15) is 24.4 Å². The van der Waals surface area contributed by atoms with Gasteiger partial charge in [0.2, 0.25) is 0 Å². The molecule has 4 fully saturated rings. The van der Waals surface area contributed by atoms with Crippen LogP contribution in [0.25, 0.3) is 0 Å². The molecule has 12 nitrogen and oxygen atoms in total. The molecule has 0 spiro atoms. The van der Waals surface area contributed by atoms with Crippen LogP contribution < -0.4 is 0 Å². The molecule has 0 aromatic heterocycles. The Balaban J connectivity index is 1.34. The van der Waals surface area contributed by atoms with Crippen LogP contribution in [0.5, 0.6) is 0 Å². The number of ether oxygens (including phenoxy) is 10. The number of hydrogen-bond acceptors (Lipinski definition) is 12. The van der Waals surface area contributed by atoms with E-state index in [1.165, 1.54) is 0 Å². The van der Waals surface area contributed by atoms with E-state index in [9.17, 15) is 9.59 Å². The zero-order valence-electron chi connectivity index (χ0n) is 19.0. The van der Waals surface area contributed by atoms with Crippen LogP contribution in [0.4, 0.5) is 0 Å². The monoisotopic (exact) mass is 488 g/mol. The second-order valence-electron chi connectivity index (χ2n) is 8.07. The van der Waals surface area contributed by atoms with Gasteiger partial charge in [-0.3, -0.25) is 0 Å². The summed E-state index contributed by atoms with van der Waals surface area (Å²) in [6.45, 7) is 4.47. The zero-order chi connectivity index (χ0) is 23.6. The summed E-state index contributed by atoms with van der Waals surface area (Å²) in [7, 11) is 0. The molecule has 0 saturated carbocycles. The molecule has 4 atom stereocenters. The molecule has 192 valence electrons. The van der Waals surface area contributed by atoms with Gasteiger partial charge in [0.25, 0.3) is 0 Å². The van der Waals surface area contributed by atoms with Crippen LogP contribution in [-0.4, -0.2) is 128 Å². The van der Waals surface area contributed by atoms with Crippen molar-refractivity contribution in [1.82, 2.24) is 0 Å². The fourth-order valence-corrected chi connectivity index (χ4v) is 4.05. The highest BCUT2D eigenvalue weighted by Gasteiger charge is 2.38. The van der Waals surface area contributed by atoms with Gasteiger partial charge in [-0.1, -0.05) is 0 Å². The molecule has 4 aliphatic heterocycles. The summed E-state index contributed by atoms with van der Waals surface area (Å²) in [5.41, 5.74) is 0. The normalized spacial score (nSPS) is 32.6. The van der Waals surface area contributed by atoms with Crippen LogP contribution in [0, 0.1) is 0 Å². The Hall–Kier alpha value is -1.64. The van der Waals surface area contributed by atoms with Crippen molar-refractivity contribution in [2.75, 3.05) is 79.3 Å². The topological polar surface area (TPSA) is 126 Å². The maximum atomic E-state index is 12.5. The largest absolute Gasteiger partial charge is 0.453 e. The lowest BCUT2D eigenvalue weighted by Gasteiger charge is -2.36. The first-order valence-corrected chi connectivity index (χ1v) is 11.6. The molecule has 4 aliphatic rings. The minimum Gasteiger partial charge on any atom is -0.453 e. The molecule has 4 unspecified atom stereocenters. The van der Waals surface area contributed by atoms with Gasteiger partial charge in [-0.25, -0.2) is 9.59 Å². The summed E-state index contributed by atoms with van der Waals surface area (Å²) in [4.78, 5) is 25.1. The van der Waals surface area contributed by atoms with Gasteiger partial charge in [-0.2, -0.15) is 0 Å². The van der Waals surface area contributed by atoms with E-state index >= 15 is 0 Å². The molecule has 34 heavy (non-hydrogen) atoms. The number of hydrogen-bond donors (Lipinski definition) is 0. The van der Waals surface area contributed by atoms with E-state index in [1.54, 1.807) is 0 Å². The van der Waals surface area contributed by atoms with Gasteiger partial charge in [-0.05, 0) is 0 Å². The Labute approximate surface area is 197 Å². The third-order valence-corrected chi connectivity index (χ3v) is 5.69. The first kappa shape index (κ1) is 25.5. The highest BCUT2D eigenvalue weighted by Crippen LogP contribution is 2.20. The summed E-state index contributed by atoms with van der Waals surface area (Å²) >= 11 is 0. The van der Waals surface area contributed by atoms with Crippen molar-refractivity contribution in [2.24, 2.45) is 0 Å². The molecule has 0 N–H and O–H groups in total. The minimum atomic E-state index is -0.748. The number of esters is 2. The minimum absolute atomic E-state index is 0.262. The number of rotatable bonds is 8. The Kier molecular flexibility index (Phi) is 10.1. The first-order chi connectivity index (χ1) is 16.7. The summed E-state index contributed by atoms with van der Waals surface area (Å²) in [6.07, 6.45) is -1.47. The van der Waals surface area contributed by atoms with Crippen molar-refractivity contribution in [3.63, 3.8) is 0 Å². The van der Waals surface area contributed by atoms with E-state index in [4.69, 9.17) is 47.4 Å². The summed E-state index contributed by atoms with van der Waals surface area (Å²) in [5, 5.41) is 0. The SMILES string of the molecule is O=C(/C=C\C(=O)OC(C1COCCO1)C1COCCO1)OC(C1COCCO1)C1COCCO1. The molecular formula is C22H32O12. The predicted octanol–water partition coefficient (Wildman–Crippen LogP) is -0.972. The Bertz CT molecular complexity index is 569. The molecule has 4 heterocycles. The van der Waals surface area contributed by atoms with Crippen LogP contribution in [0.2, 0.25) is 0 Å². The fraction of sp³-hybridized carbons (Fsp3) is 0.818. The molecule has 0 aromatic carbocycles. The van der Waals surface area contributed by atoms with E-state index in [2.05, 4.69) is 0 Å². The summed E-state index contributed by atoms with van der Waals surface area (Å²) < 4.78 is 55.8. The Morgan fingerprint density at radius 2 is 0.824 bits per heavy atom. The predicted molar refractivity (Wildman–Crippen MR) is 111 cm³/mol. The lowest BCUT2D eigenvalue weighted by Crippen LogP contribution is -2.51. The van der Waals surface area contributed by atoms with Crippen molar-refractivity contribution in [3.8, 4) is 0 Å². The van der Waals surface area contributed by atoms with Gasteiger partial charge in [0.05, 0.1) is 79.3 Å². The van der Waals surface area contributed by atoms with Crippen LogP contribution in [-0.2, 0) is 57.0 Å². The molecular weight excluding hydrogens is 456 g/mol. The average molecular weight is 488 g/mol. The molecule has 0 aromatic rings. The fourth-order valence-electron chi connectivity index (χ4n) is 4.05. The molecule has 12 heteroatoms. The van der Waals surface area contributed by atoms with E-state index < -0.39 is 48.6 Å². The summed E-state index contributed by atoms with van der Waals surface area (Å²) in [6, 6.07) is 0. The Morgan fingerprint density at radius 3 is 1.06 bits per heavy atom. The van der Waals surface area contributed by atoms with Crippen molar-refractivity contribution in [1.29, 1.82) is 0 Å². The summed E-state index contributed by atoms with van der Waals surface area (Å²) in [5.74, 6) is -1.48. The standard InChI is InChI=1S/C22H32O12/c23-19(33-21(15-11-25-3-7-29-15)16-12-26-4-8-30-16)1-2-20(24)34-22(17-13-27-5-9-31-17)18-14-28-6-10-32-18/h1-2,15-18,21-22H,3-14H2/b2-1-. The van der Waals surface area contributed by atoms with E-state index in [1.807, 2.05) is 0 Å². The van der Waals surface area contributed by atoms with Crippen LogP contribution in [0.1, 0.15) is 0 Å². The molecule has 4 saturated heterocycles. The van der Waals surface area contributed by atoms with Crippen LogP contribution >= 0.6 is 0 Å². The Morgan fingerprint density at radius 1 is 0.529 bits per heavy atom. The van der Waals surface area contributed by atoms with Gasteiger partial charge in [-0.15, -0.1) is 0 Å². The molecule has 0 bridgehead atoms. The number of carbonyl (C=O) groups is 2. The molecule has 0 aliphatic carbocycles. The molecule has 0 amide bonds. The molecule has 0 radical (unpaired) electrons. The van der Waals surface area contributed by atoms with Crippen molar-refractivity contribution in [3.05, 3.63) is 12.2 Å². The van der Waals surface area contributed by atoms with Gasteiger partial charge in [0.15, 0.2) is 12.2 Å². The third-order valence-electron chi connectivity index (χ3n) is 5.69. The third kappa shape index (κ3) is 7.43. The lowest BCUT2D eigenvalue weighted by molar-refractivity contribution is -0.209. The maximum absolute atomic E-state index is 12.5. The van der Waals surface area contributed by atoms with Crippen LogP contribution in [0.3, 0.4) is 0 Å². The van der Waals surface area contributed by atoms with Gasteiger partial charge >= 0.3 is 11.9 Å². The quantitative estimate of drug-likeness (QED) is 0.308. The van der Waals surface area contributed by atoms with Gasteiger partial charge < -0.3 is 47.4 Å². The second kappa shape index (κ2) is 13.4. The molecule has 4 rings (SSSR count). The van der Waals surface area contributed by atoms with E-state index in [0.717, 1.165) is 12.2 Å². The maximum Gasteiger partial charge on any atom is 0.331 e. The van der Waals surface area contributed by atoms with Crippen molar-refractivity contribution < 1.29 is 57.0 Å². The van der Waals surface area contributed by atoms with Crippen molar-refractivity contribution >= 4 is 11.9 Å². The second-order valence-corrected chi connectivity index (χ2v) is 8.07. The van der Waals surface area contributed by atoms with E-state index in [0.29, 0.717) is 52.9 Å². The lowest BCUT2D eigenvalue weighted by atomic mass is 10.1. The zero-order valence-corrected chi connectivity index (χ0v) is 19.0. The van der Waals surface area contributed by atoms with Gasteiger partial charge in [0, 0.05) is 12.2 Å². The smallest absolute Gasteiger partial charge is 0.331 e. The van der Waals surface area contributed by atoms with E-state index in [-0.39, 0.29) is 26.4 Å². The van der Waals surface area contributed by atoms with Crippen molar-refractivity contribution in [2.45, 2.75) is 36.6 Å². The number of carbonyl (C=O) groups excluding carboxylic acids is 2. The van der Waals surface area contributed by atoms with Crippen LogP contribution in [0.15, 0.2) is 12.2 Å².